The molecular weight excluding hydrogens is 436 g/mol. The van der Waals surface area contributed by atoms with Crippen LogP contribution in [-0.2, 0) is 22.4 Å². The largest absolute Gasteiger partial charge is 0.462 e. The van der Waals surface area contributed by atoms with Gasteiger partial charge in [0.1, 0.15) is 5.00 Å². The Hall–Kier alpha value is -2.16. The second kappa shape index (κ2) is 9.76. The number of hydrogen-bond acceptors (Lipinski definition) is 7. The summed E-state index contributed by atoms with van der Waals surface area (Å²) in [7, 11) is 0. The van der Waals surface area contributed by atoms with Crippen LogP contribution < -0.4 is 5.32 Å². The van der Waals surface area contributed by atoms with Gasteiger partial charge in [0.05, 0.1) is 23.6 Å². The quantitative estimate of drug-likeness (QED) is 0.366. The number of thioether (sulfide) groups is 1. The highest BCUT2D eigenvalue weighted by Gasteiger charge is 2.27. The fourth-order valence-corrected chi connectivity index (χ4v) is 6.36. The third-order valence-electron chi connectivity index (χ3n) is 4.78. The van der Waals surface area contributed by atoms with Gasteiger partial charge in [0.25, 0.3) is 0 Å². The summed E-state index contributed by atoms with van der Waals surface area (Å²) in [6.07, 6.45) is 4.00. The molecule has 1 amide bonds. The van der Waals surface area contributed by atoms with E-state index < -0.39 is 0 Å². The third kappa shape index (κ3) is 4.77. The number of thiophene rings is 1. The van der Waals surface area contributed by atoms with Crippen molar-refractivity contribution in [3.8, 4) is 11.3 Å². The Labute approximate surface area is 187 Å². The number of aryl methyl sites for hydroxylation is 1. The van der Waals surface area contributed by atoms with E-state index in [4.69, 9.17) is 4.74 Å². The third-order valence-corrected chi connectivity index (χ3v) is 8.01. The van der Waals surface area contributed by atoms with Crippen molar-refractivity contribution in [3.63, 3.8) is 0 Å². The van der Waals surface area contributed by atoms with E-state index in [1.807, 2.05) is 35.7 Å². The zero-order valence-electron chi connectivity index (χ0n) is 16.6. The lowest BCUT2D eigenvalue weighted by molar-refractivity contribution is -0.113. The number of amides is 1. The molecule has 1 aromatic carbocycles. The average molecular weight is 459 g/mol. The summed E-state index contributed by atoms with van der Waals surface area (Å²) < 4.78 is 6.10. The smallest absolute Gasteiger partial charge is 0.341 e. The second-order valence-electron chi connectivity index (χ2n) is 6.84. The molecule has 1 aliphatic carbocycles. The Balaban J connectivity index is 1.43. The van der Waals surface area contributed by atoms with E-state index in [2.05, 4.69) is 10.3 Å². The van der Waals surface area contributed by atoms with Gasteiger partial charge in [-0.15, -0.1) is 22.7 Å². The summed E-state index contributed by atoms with van der Waals surface area (Å²) in [4.78, 5) is 30.9. The second-order valence-corrected chi connectivity index (χ2v) is 10.0. The van der Waals surface area contributed by atoms with Crippen LogP contribution in [0.4, 0.5) is 5.00 Å². The highest BCUT2D eigenvalue weighted by atomic mass is 32.2. The fourth-order valence-electron chi connectivity index (χ4n) is 3.43. The zero-order valence-corrected chi connectivity index (χ0v) is 19.1. The lowest BCUT2D eigenvalue weighted by atomic mass is 9.95. The van der Waals surface area contributed by atoms with Crippen molar-refractivity contribution in [2.75, 3.05) is 17.7 Å². The number of aromatic nitrogens is 1. The van der Waals surface area contributed by atoms with E-state index in [1.54, 1.807) is 6.92 Å². The molecule has 3 aromatic rings. The molecule has 0 radical (unpaired) electrons. The summed E-state index contributed by atoms with van der Waals surface area (Å²) in [6.45, 7) is 2.11. The normalized spacial score (nSPS) is 13.0. The lowest BCUT2D eigenvalue weighted by Crippen LogP contribution is -2.17. The molecule has 0 saturated carbocycles. The van der Waals surface area contributed by atoms with Crippen LogP contribution in [0.2, 0.25) is 0 Å². The number of nitrogens with zero attached hydrogens (tertiary/aromatic N) is 1. The van der Waals surface area contributed by atoms with Gasteiger partial charge in [0, 0.05) is 15.8 Å². The summed E-state index contributed by atoms with van der Waals surface area (Å²) in [5.41, 5.74) is 3.59. The minimum absolute atomic E-state index is 0.138. The number of fused-ring (bicyclic) bond motifs is 1. The van der Waals surface area contributed by atoms with Gasteiger partial charge >= 0.3 is 5.97 Å². The molecule has 0 saturated heterocycles. The predicted molar refractivity (Wildman–Crippen MR) is 124 cm³/mol. The molecule has 1 N–H and O–H groups in total. The van der Waals surface area contributed by atoms with E-state index in [-0.39, 0.29) is 17.6 Å². The molecule has 30 heavy (non-hydrogen) atoms. The first-order chi connectivity index (χ1) is 14.7. The van der Waals surface area contributed by atoms with Crippen LogP contribution in [0.3, 0.4) is 0 Å². The van der Waals surface area contributed by atoms with Crippen LogP contribution in [0.25, 0.3) is 11.3 Å². The van der Waals surface area contributed by atoms with Crippen molar-refractivity contribution in [1.82, 2.24) is 4.98 Å². The number of ether oxygens (including phenoxy) is 1. The Morgan fingerprint density at radius 3 is 2.80 bits per heavy atom. The molecule has 156 valence electrons. The fraction of sp³-hybridized carbons (Fsp3) is 0.318. The molecule has 1 aliphatic rings. The maximum absolute atomic E-state index is 12.6. The number of rotatable bonds is 7. The Kier molecular flexibility index (Phi) is 6.86. The molecule has 0 bridgehead atoms. The van der Waals surface area contributed by atoms with E-state index in [1.165, 1.54) is 39.3 Å². The van der Waals surface area contributed by atoms with Crippen LogP contribution in [0, 0.1) is 0 Å². The summed E-state index contributed by atoms with van der Waals surface area (Å²) >= 11 is 4.45. The van der Waals surface area contributed by atoms with Gasteiger partial charge < -0.3 is 10.1 Å². The predicted octanol–water partition coefficient (Wildman–Crippen LogP) is 5.66. The first-order valence-electron chi connectivity index (χ1n) is 9.91. The number of benzene rings is 1. The molecule has 8 heteroatoms. The van der Waals surface area contributed by atoms with Gasteiger partial charge in [0.15, 0.2) is 4.34 Å². The molecule has 0 spiro atoms. The van der Waals surface area contributed by atoms with Crippen LogP contribution in [0.5, 0.6) is 0 Å². The highest BCUT2D eigenvalue weighted by molar-refractivity contribution is 8.01. The van der Waals surface area contributed by atoms with Crippen molar-refractivity contribution in [2.45, 2.75) is 36.9 Å². The highest BCUT2D eigenvalue weighted by Crippen LogP contribution is 2.39. The molecule has 2 heterocycles. The monoisotopic (exact) mass is 458 g/mol. The van der Waals surface area contributed by atoms with Crippen LogP contribution in [0.1, 0.15) is 40.6 Å². The number of anilines is 1. The minimum atomic E-state index is -0.340. The topological polar surface area (TPSA) is 68.3 Å². The number of nitrogens with one attached hydrogen (secondary N) is 1. The number of thiazole rings is 1. The minimum Gasteiger partial charge on any atom is -0.462 e. The number of carbonyl (C=O) groups excluding carboxylic acids is 2. The van der Waals surface area contributed by atoms with Crippen molar-refractivity contribution in [3.05, 3.63) is 51.7 Å². The first kappa shape index (κ1) is 21.1. The summed E-state index contributed by atoms with van der Waals surface area (Å²) in [5, 5.41) is 5.57. The summed E-state index contributed by atoms with van der Waals surface area (Å²) in [6, 6.07) is 9.98. The molecule has 4 rings (SSSR count). The molecule has 0 unspecified atom stereocenters. The van der Waals surface area contributed by atoms with Gasteiger partial charge in [0.2, 0.25) is 5.91 Å². The van der Waals surface area contributed by atoms with E-state index in [9.17, 15) is 9.59 Å². The number of hydrogen-bond donors (Lipinski definition) is 1. The van der Waals surface area contributed by atoms with Crippen LogP contribution >= 0.6 is 34.4 Å². The summed E-state index contributed by atoms with van der Waals surface area (Å²) in [5.74, 6) is -0.236. The number of carbonyl (C=O) groups is 2. The van der Waals surface area contributed by atoms with Crippen molar-refractivity contribution in [1.29, 1.82) is 0 Å². The zero-order chi connectivity index (χ0) is 20.9. The van der Waals surface area contributed by atoms with Crippen molar-refractivity contribution < 1.29 is 14.3 Å². The van der Waals surface area contributed by atoms with Crippen molar-refractivity contribution >= 4 is 51.3 Å². The lowest BCUT2D eigenvalue weighted by Gasteiger charge is -2.12. The van der Waals surface area contributed by atoms with E-state index >= 15 is 0 Å². The molecule has 0 aliphatic heterocycles. The van der Waals surface area contributed by atoms with Crippen LogP contribution in [0.15, 0.2) is 40.1 Å². The molecular formula is C22H22N2O3S3. The Morgan fingerprint density at radius 2 is 2.00 bits per heavy atom. The van der Waals surface area contributed by atoms with Crippen LogP contribution in [-0.4, -0.2) is 29.2 Å². The Bertz CT molecular complexity index is 1040. The van der Waals surface area contributed by atoms with Crippen molar-refractivity contribution in [2.24, 2.45) is 0 Å². The number of esters is 1. The average Bonchev–Trinajstić information content (AvgIpc) is 3.37. The van der Waals surface area contributed by atoms with E-state index in [0.29, 0.717) is 17.2 Å². The molecule has 5 nitrogen and oxygen atoms in total. The standard InChI is InChI=1S/C22H22N2O3S3/c1-2-27-21(26)19-15-10-6-7-11-17(15)30-20(19)24-18(25)13-29-22-23-16(12-28-22)14-8-4-3-5-9-14/h3-5,8-9,12H,2,6-7,10-11,13H2,1H3,(H,24,25). The SMILES string of the molecule is CCOC(=O)c1c(NC(=O)CSc2nc(-c3ccccc3)cs2)sc2c1CCCC2. The van der Waals surface area contributed by atoms with Gasteiger partial charge in [-0.2, -0.15) is 0 Å². The van der Waals surface area contributed by atoms with E-state index in [0.717, 1.165) is 46.8 Å². The first-order valence-corrected chi connectivity index (χ1v) is 12.6. The molecule has 0 atom stereocenters. The van der Waals surface area contributed by atoms with Gasteiger partial charge in [-0.25, -0.2) is 9.78 Å². The molecule has 2 aromatic heterocycles. The maximum Gasteiger partial charge on any atom is 0.341 e. The van der Waals surface area contributed by atoms with Gasteiger partial charge in [-0.1, -0.05) is 42.1 Å². The maximum atomic E-state index is 12.6. The van der Waals surface area contributed by atoms with Gasteiger partial charge in [-0.05, 0) is 38.2 Å². The Morgan fingerprint density at radius 1 is 1.20 bits per heavy atom. The molecule has 0 fully saturated rings. The van der Waals surface area contributed by atoms with Gasteiger partial charge in [-0.3, -0.25) is 4.79 Å².